The van der Waals surface area contributed by atoms with Crippen molar-refractivity contribution in [1.82, 2.24) is 0 Å². The molecule has 1 rings (SSSR count). The molecule has 0 spiro atoms. The van der Waals surface area contributed by atoms with E-state index in [4.69, 9.17) is 0 Å². The van der Waals surface area contributed by atoms with E-state index in [1.807, 2.05) is 19.1 Å². The maximum absolute atomic E-state index is 12.5. The summed E-state index contributed by atoms with van der Waals surface area (Å²) in [5.74, 6) is -0.276. The standard InChI is InChI=1S/C11H13FO/c1-2-3-4-11(13)9-5-7-10(12)8-6-9/h2-3,5-8,11,13H,4H2,1H3/b3-2+/t11-/m0/s1. The molecule has 1 N–H and O–H groups in total. The predicted molar refractivity (Wildman–Crippen MR) is 50.8 cm³/mol. The number of aliphatic hydroxyl groups is 1. The highest BCUT2D eigenvalue weighted by Gasteiger charge is 2.04. The summed E-state index contributed by atoms with van der Waals surface area (Å²) < 4.78 is 12.5. The first-order valence-electron chi connectivity index (χ1n) is 4.28. The summed E-state index contributed by atoms with van der Waals surface area (Å²) >= 11 is 0. The van der Waals surface area contributed by atoms with Crippen LogP contribution in [0.15, 0.2) is 36.4 Å². The van der Waals surface area contributed by atoms with Gasteiger partial charge < -0.3 is 5.11 Å². The van der Waals surface area contributed by atoms with Gasteiger partial charge in [-0.2, -0.15) is 0 Å². The number of benzene rings is 1. The molecule has 0 aromatic heterocycles. The molecule has 2 heteroatoms. The van der Waals surface area contributed by atoms with Crippen LogP contribution < -0.4 is 0 Å². The molecule has 1 aromatic carbocycles. The van der Waals surface area contributed by atoms with Crippen LogP contribution >= 0.6 is 0 Å². The highest BCUT2D eigenvalue weighted by atomic mass is 19.1. The number of hydrogen-bond donors (Lipinski definition) is 1. The lowest BCUT2D eigenvalue weighted by Gasteiger charge is -2.07. The number of aliphatic hydroxyl groups excluding tert-OH is 1. The molecule has 0 aliphatic heterocycles. The van der Waals surface area contributed by atoms with Crippen molar-refractivity contribution in [3.05, 3.63) is 47.8 Å². The maximum Gasteiger partial charge on any atom is 0.123 e. The summed E-state index contributed by atoms with van der Waals surface area (Å²) in [4.78, 5) is 0. The van der Waals surface area contributed by atoms with Crippen molar-refractivity contribution < 1.29 is 9.50 Å². The fourth-order valence-electron chi connectivity index (χ4n) is 1.09. The number of allylic oxidation sites excluding steroid dienone is 1. The normalized spacial score (nSPS) is 13.5. The second-order valence-corrected chi connectivity index (χ2v) is 2.87. The van der Waals surface area contributed by atoms with Crippen molar-refractivity contribution in [3.8, 4) is 0 Å². The zero-order chi connectivity index (χ0) is 9.68. The van der Waals surface area contributed by atoms with E-state index in [9.17, 15) is 9.50 Å². The van der Waals surface area contributed by atoms with Gasteiger partial charge in [-0.05, 0) is 31.0 Å². The van der Waals surface area contributed by atoms with Crippen LogP contribution in [-0.4, -0.2) is 5.11 Å². The minimum Gasteiger partial charge on any atom is -0.388 e. The molecule has 0 amide bonds. The molecular weight excluding hydrogens is 167 g/mol. The van der Waals surface area contributed by atoms with Crippen molar-refractivity contribution in [2.75, 3.05) is 0 Å². The molecular formula is C11H13FO. The SMILES string of the molecule is C/C=C/C[C@H](O)c1ccc(F)cc1. The van der Waals surface area contributed by atoms with Gasteiger partial charge in [-0.25, -0.2) is 4.39 Å². The Balaban J connectivity index is 2.66. The first kappa shape index (κ1) is 9.93. The van der Waals surface area contributed by atoms with Crippen molar-refractivity contribution in [2.45, 2.75) is 19.4 Å². The van der Waals surface area contributed by atoms with Crippen LogP contribution in [0.25, 0.3) is 0 Å². The van der Waals surface area contributed by atoms with Crippen LogP contribution in [0.2, 0.25) is 0 Å². The Kier molecular flexibility index (Phi) is 3.65. The molecule has 0 unspecified atom stereocenters. The summed E-state index contributed by atoms with van der Waals surface area (Å²) in [6.07, 6.45) is 3.81. The molecule has 0 aliphatic carbocycles. The summed E-state index contributed by atoms with van der Waals surface area (Å²) in [5, 5.41) is 9.57. The van der Waals surface area contributed by atoms with Crippen LogP contribution in [0.1, 0.15) is 25.0 Å². The van der Waals surface area contributed by atoms with E-state index in [-0.39, 0.29) is 5.82 Å². The van der Waals surface area contributed by atoms with Crippen LogP contribution in [0.3, 0.4) is 0 Å². The number of rotatable bonds is 3. The van der Waals surface area contributed by atoms with Gasteiger partial charge in [0, 0.05) is 0 Å². The first-order chi connectivity index (χ1) is 6.24. The van der Waals surface area contributed by atoms with Gasteiger partial charge in [0.1, 0.15) is 5.82 Å². The Hall–Kier alpha value is -1.15. The summed E-state index contributed by atoms with van der Waals surface area (Å²) in [6.45, 7) is 1.90. The number of halogens is 1. The molecule has 0 heterocycles. The second kappa shape index (κ2) is 4.77. The van der Waals surface area contributed by atoms with E-state index in [2.05, 4.69) is 0 Å². The Bertz CT molecular complexity index is 277. The average molecular weight is 180 g/mol. The van der Waals surface area contributed by atoms with Crippen LogP contribution in [0.5, 0.6) is 0 Å². The van der Waals surface area contributed by atoms with Gasteiger partial charge in [-0.1, -0.05) is 24.3 Å². The first-order valence-corrected chi connectivity index (χ1v) is 4.28. The molecule has 1 aromatic rings. The monoisotopic (exact) mass is 180 g/mol. The van der Waals surface area contributed by atoms with Crippen molar-refractivity contribution in [1.29, 1.82) is 0 Å². The fraction of sp³-hybridized carbons (Fsp3) is 0.273. The van der Waals surface area contributed by atoms with Crippen LogP contribution in [0, 0.1) is 5.82 Å². The quantitative estimate of drug-likeness (QED) is 0.709. The molecule has 0 saturated heterocycles. The molecule has 0 fully saturated rings. The average Bonchev–Trinajstić information content (AvgIpc) is 2.15. The molecule has 13 heavy (non-hydrogen) atoms. The van der Waals surface area contributed by atoms with Crippen molar-refractivity contribution >= 4 is 0 Å². The van der Waals surface area contributed by atoms with E-state index in [1.54, 1.807) is 12.1 Å². The fourth-order valence-corrected chi connectivity index (χ4v) is 1.09. The van der Waals surface area contributed by atoms with Crippen LogP contribution in [0.4, 0.5) is 4.39 Å². The zero-order valence-corrected chi connectivity index (χ0v) is 7.57. The van der Waals surface area contributed by atoms with Gasteiger partial charge in [0.25, 0.3) is 0 Å². The molecule has 1 atom stereocenters. The van der Waals surface area contributed by atoms with Gasteiger partial charge in [0.2, 0.25) is 0 Å². The Morgan fingerprint density at radius 3 is 2.54 bits per heavy atom. The van der Waals surface area contributed by atoms with E-state index in [0.717, 1.165) is 5.56 Å². The zero-order valence-electron chi connectivity index (χ0n) is 7.57. The molecule has 1 nitrogen and oxygen atoms in total. The minimum atomic E-state index is -0.531. The lowest BCUT2D eigenvalue weighted by Crippen LogP contribution is -1.95. The summed E-state index contributed by atoms with van der Waals surface area (Å²) in [5.41, 5.74) is 0.750. The molecule has 0 aliphatic rings. The summed E-state index contributed by atoms with van der Waals surface area (Å²) in [6, 6.07) is 5.91. The van der Waals surface area contributed by atoms with Gasteiger partial charge in [-0.15, -0.1) is 0 Å². The predicted octanol–water partition coefficient (Wildman–Crippen LogP) is 2.83. The third-order valence-electron chi connectivity index (χ3n) is 1.85. The third-order valence-corrected chi connectivity index (χ3v) is 1.85. The van der Waals surface area contributed by atoms with Gasteiger partial charge in [0.15, 0.2) is 0 Å². The second-order valence-electron chi connectivity index (χ2n) is 2.87. The molecule has 0 radical (unpaired) electrons. The Labute approximate surface area is 77.5 Å². The van der Waals surface area contributed by atoms with Gasteiger partial charge in [-0.3, -0.25) is 0 Å². The van der Waals surface area contributed by atoms with Crippen LogP contribution in [-0.2, 0) is 0 Å². The van der Waals surface area contributed by atoms with E-state index in [1.165, 1.54) is 12.1 Å². The largest absolute Gasteiger partial charge is 0.388 e. The minimum absolute atomic E-state index is 0.276. The highest BCUT2D eigenvalue weighted by molar-refractivity contribution is 5.18. The van der Waals surface area contributed by atoms with Crippen molar-refractivity contribution in [3.63, 3.8) is 0 Å². The maximum atomic E-state index is 12.5. The number of hydrogen-bond acceptors (Lipinski definition) is 1. The van der Waals surface area contributed by atoms with E-state index < -0.39 is 6.10 Å². The smallest absolute Gasteiger partial charge is 0.123 e. The van der Waals surface area contributed by atoms with E-state index in [0.29, 0.717) is 6.42 Å². The Morgan fingerprint density at radius 1 is 1.38 bits per heavy atom. The molecule has 70 valence electrons. The molecule has 0 saturated carbocycles. The summed E-state index contributed by atoms with van der Waals surface area (Å²) in [7, 11) is 0. The van der Waals surface area contributed by atoms with Crippen molar-refractivity contribution in [2.24, 2.45) is 0 Å². The van der Waals surface area contributed by atoms with Gasteiger partial charge in [0.05, 0.1) is 6.10 Å². The van der Waals surface area contributed by atoms with Gasteiger partial charge >= 0.3 is 0 Å². The Morgan fingerprint density at radius 2 is 2.00 bits per heavy atom. The van der Waals surface area contributed by atoms with E-state index >= 15 is 0 Å². The topological polar surface area (TPSA) is 20.2 Å². The third kappa shape index (κ3) is 2.99. The molecule has 0 bridgehead atoms. The lowest BCUT2D eigenvalue weighted by atomic mass is 10.1. The highest BCUT2D eigenvalue weighted by Crippen LogP contribution is 2.16. The lowest BCUT2D eigenvalue weighted by molar-refractivity contribution is 0.181.